The second-order valence-corrected chi connectivity index (χ2v) is 5.53. The van der Waals surface area contributed by atoms with Gasteiger partial charge in [-0.25, -0.2) is 4.79 Å². The molecule has 0 radical (unpaired) electrons. The number of rotatable bonds is 2. The van der Waals surface area contributed by atoms with Gasteiger partial charge in [-0.1, -0.05) is 17.9 Å². The molecular weight excluding hydrogens is 296 g/mol. The van der Waals surface area contributed by atoms with E-state index in [4.69, 9.17) is 9.84 Å². The minimum absolute atomic E-state index is 0.258. The van der Waals surface area contributed by atoms with Crippen molar-refractivity contribution in [1.82, 2.24) is 0 Å². The maximum Gasteiger partial charge on any atom is 0.335 e. The Kier molecular flexibility index (Phi) is 3.82. The van der Waals surface area contributed by atoms with E-state index < -0.39 is 5.97 Å². The van der Waals surface area contributed by atoms with E-state index >= 15 is 0 Å². The van der Waals surface area contributed by atoms with Crippen LogP contribution in [0.2, 0.25) is 0 Å². The molecule has 4 heteroatoms. The molecule has 0 bridgehead atoms. The van der Waals surface area contributed by atoms with E-state index in [0.717, 1.165) is 27.0 Å². The fourth-order valence-electron chi connectivity index (χ4n) is 2.15. The number of thiophene rings is 1. The summed E-state index contributed by atoms with van der Waals surface area (Å²) in [6, 6.07) is 12.4. The quantitative estimate of drug-likeness (QED) is 0.728. The number of aromatic carboxylic acids is 1. The maximum absolute atomic E-state index is 10.8. The maximum atomic E-state index is 10.8. The normalized spacial score (nSPS) is 10.0. The van der Waals surface area contributed by atoms with Crippen LogP contribution in [0.1, 0.15) is 21.5 Å². The summed E-state index contributed by atoms with van der Waals surface area (Å²) in [5, 5.41) is 11.9. The number of carboxylic acid groups (broad SMARTS) is 1. The first-order valence-corrected chi connectivity index (χ1v) is 7.46. The van der Waals surface area contributed by atoms with Gasteiger partial charge in [0, 0.05) is 21.2 Å². The van der Waals surface area contributed by atoms with Crippen molar-refractivity contribution in [3.8, 4) is 17.6 Å². The zero-order valence-electron chi connectivity index (χ0n) is 11.8. The molecule has 3 nitrogen and oxygen atoms in total. The Bertz CT molecular complexity index is 895. The molecule has 2 aromatic carbocycles. The summed E-state index contributed by atoms with van der Waals surface area (Å²) in [5.41, 5.74) is 1.95. The first kappa shape index (κ1) is 14.2. The van der Waals surface area contributed by atoms with Crippen molar-refractivity contribution in [1.29, 1.82) is 0 Å². The van der Waals surface area contributed by atoms with Gasteiger partial charge in [0.25, 0.3) is 0 Å². The smallest absolute Gasteiger partial charge is 0.335 e. The van der Waals surface area contributed by atoms with Crippen LogP contribution < -0.4 is 4.74 Å². The first-order chi connectivity index (χ1) is 10.7. The highest BCUT2D eigenvalue weighted by atomic mass is 32.1. The van der Waals surface area contributed by atoms with E-state index in [1.54, 1.807) is 42.7 Å². The number of carbonyl (C=O) groups is 1. The summed E-state index contributed by atoms with van der Waals surface area (Å²) in [4.78, 5) is 10.8. The minimum Gasteiger partial charge on any atom is -0.496 e. The summed E-state index contributed by atoms with van der Waals surface area (Å²) in [6.45, 7) is 0. The highest BCUT2D eigenvalue weighted by Gasteiger charge is 2.07. The molecule has 0 unspecified atom stereocenters. The predicted octanol–water partition coefficient (Wildman–Crippen LogP) is 4.01. The average Bonchev–Trinajstić information content (AvgIpc) is 2.96. The molecule has 0 atom stereocenters. The van der Waals surface area contributed by atoms with Crippen molar-refractivity contribution in [2.75, 3.05) is 7.11 Å². The zero-order chi connectivity index (χ0) is 15.5. The molecule has 22 heavy (non-hydrogen) atoms. The molecule has 0 saturated heterocycles. The van der Waals surface area contributed by atoms with Crippen molar-refractivity contribution >= 4 is 27.4 Å². The van der Waals surface area contributed by atoms with Gasteiger partial charge in [-0.2, -0.15) is 0 Å². The lowest BCUT2D eigenvalue weighted by molar-refractivity contribution is 0.0697. The van der Waals surface area contributed by atoms with E-state index in [9.17, 15) is 4.79 Å². The number of hydrogen-bond donors (Lipinski definition) is 1. The van der Waals surface area contributed by atoms with Gasteiger partial charge in [-0.05, 0) is 36.4 Å². The Hall–Kier alpha value is -2.77. The van der Waals surface area contributed by atoms with Crippen LogP contribution in [0.5, 0.6) is 5.75 Å². The third-order valence-corrected chi connectivity index (χ3v) is 4.20. The van der Waals surface area contributed by atoms with Crippen molar-refractivity contribution in [2.45, 2.75) is 0 Å². The molecule has 0 aliphatic carbocycles. The molecule has 1 heterocycles. The van der Waals surface area contributed by atoms with Crippen LogP contribution in [0, 0.1) is 11.8 Å². The van der Waals surface area contributed by atoms with E-state index in [1.807, 2.05) is 23.6 Å². The number of benzene rings is 2. The standard InChI is InChI=1S/C18H12O3S/c1-21-15-3-2-4-16-17(15)14(11-22-16)10-7-12-5-8-13(9-6-12)18(19)20/h2-6,8-9,11H,1H3,(H,19,20). The number of methoxy groups -OCH3 is 1. The lowest BCUT2D eigenvalue weighted by Gasteiger charge is -2.01. The van der Waals surface area contributed by atoms with Crippen molar-refractivity contribution in [2.24, 2.45) is 0 Å². The van der Waals surface area contributed by atoms with Crippen LogP contribution in [-0.4, -0.2) is 18.2 Å². The Morgan fingerprint density at radius 2 is 1.91 bits per heavy atom. The number of fused-ring (bicyclic) bond motifs is 1. The highest BCUT2D eigenvalue weighted by Crippen LogP contribution is 2.33. The highest BCUT2D eigenvalue weighted by molar-refractivity contribution is 7.17. The van der Waals surface area contributed by atoms with E-state index in [-0.39, 0.29) is 5.56 Å². The summed E-state index contributed by atoms with van der Waals surface area (Å²) in [7, 11) is 1.65. The van der Waals surface area contributed by atoms with E-state index in [2.05, 4.69) is 11.8 Å². The molecule has 0 amide bonds. The van der Waals surface area contributed by atoms with Crippen LogP contribution in [0.3, 0.4) is 0 Å². The number of hydrogen-bond acceptors (Lipinski definition) is 3. The fourth-order valence-corrected chi connectivity index (χ4v) is 3.06. The molecule has 1 aromatic heterocycles. The Balaban J connectivity index is 1.99. The average molecular weight is 308 g/mol. The van der Waals surface area contributed by atoms with E-state index in [0.29, 0.717) is 0 Å². The second-order valence-electron chi connectivity index (χ2n) is 4.62. The SMILES string of the molecule is COc1cccc2scc(C#Cc3ccc(C(=O)O)cc3)c12. The van der Waals surface area contributed by atoms with Gasteiger partial charge in [-0.3, -0.25) is 0 Å². The van der Waals surface area contributed by atoms with Gasteiger partial charge in [-0.15, -0.1) is 11.3 Å². The molecule has 0 aliphatic heterocycles. The van der Waals surface area contributed by atoms with Crippen LogP contribution in [-0.2, 0) is 0 Å². The number of ether oxygens (including phenoxy) is 1. The van der Waals surface area contributed by atoms with Gasteiger partial charge in [0.2, 0.25) is 0 Å². The lowest BCUT2D eigenvalue weighted by atomic mass is 10.1. The monoisotopic (exact) mass is 308 g/mol. The zero-order valence-corrected chi connectivity index (χ0v) is 12.6. The van der Waals surface area contributed by atoms with Crippen molar-refractivity contribution < 1.29 is 14.6 Å². The fraction of sp³-hybridized carbons (Fsp3) is 0.0556. The van der Waals surface area contributed by atoms with E-state index in [1.165, 1.54) is 0 Å². The topological polar surface area (TPSA) is 46.5 Å². The minimum atomic E-state index is -0.937. The number of carboxylic acids is 1. The van der Waals surface area contributed by atoms with Gasteiger partial charge in [0.1, 0.15) is 5.75 Å². The van der Waals surface area contributed by atoms with Gasteiger partial charge >= 0.3 is 5.97 Å². The second kappa shape index (κ2) is 5.92. The van der Waals surface area contributed by atoms with Crippen LogP contribution in [0.4, 0.5) is 0 Å². The molecule has 0 aliphatic rings. The summed E-state index contributed by atoms with van der Waals surface area (Å²) < 4.78 is 6.52. The Labute approximate surface area is 131 Å². The molecular formula is C18H12O3S. The third kappa shape index (κ3) is 2.67. The Morgan fingerprint density at radius 3 is 2.59 bits per heavy atom. The molecule has 0 saturated carbocycles. The third-order valence-electron chi connectivity index (χ3n) is 3.25. The molecule has 3 aromatic rings. The molecule has 3 rings (SSSR count). The van der Waals surface area contributed by atoms with Crippen LogP contribution in [0.15, 0.2) is 47.8 Å². The van der Waals surface area contributed by atoms with Crippen LogP contribution in [0.25, 0.3) is 10.1 Å². The van der Waals surface area contributed by atoms with Crippen molar-refractivity contribution in [3.05, 3.63) is 64.5 Å². The van der Waals surface area contributed by atoms with Gasteiger partial charge in [0.15, 0.2) is 0 Å². The summed E-state index contributed by atoms with van der Waals surface area (Å²) >= 11 is 1.62. The lowest BCUT2D eigenvalue weighted by Crippen LogP contribution is -1.94. The Morgan fingerprint density at radius 1 is 1.14 bits per heavy atom. The van der Waals surface area contributed by atoms with Gasteiger partial charge in [0.05, 0.1) is 18.1 Å². The van der Waals surface area contributed by atoms with Gasteiger partial charge < -0.3 is 9.84 Å². The predicted molar refractivity (Wildman–Crippen MR) is 87.8 cm³/mol. The van der Waals surface area contributed by atoms with Crippen molar-refractivity contribution in [3.63, 3.8) is 0 Å². The van der Waals surface area contributed by atoms with Crippen LogP contribution >= 0.6 is 11.3 Å². The largest absolute Gasteiger partial charge is 0.496 e. The first-order valence-electron chi connectivity index (χ1n) is 6.58. The molecule has 108 valence electrons. The molecule has 1 N–H and O–H groups in total. The summed E-state index contributed by atoms with van der Waals surface area (Å²) in [5.74, 6) is 6.08. The molecule has 0 spiro atoms. The summed E-state index contributed by atoms with van der Waals surface area (Å²) in [6.07, 6.45) is 0. The molecule has 0 fully saturated rings.